The third-order valence-corrected chi connectivity index (χ3v) is 3.18. The molecule has 0 radical (unpaired) electrons. The van der Waals surface area contributed by atoms with Gasteiger partial charge in [-0.1, -0.05) is 0 Å². The average Bonchev–Trinajstić information content (AvgIpc) is 2.41. The molecule has 2 rings (SSSR count). The molecule has 1 aliphatic rings. The molecule has 98 valence electrons. The van der Waals surface area contributed by atoms with Crippen LogP contribution < -0.4 is 5.73 Å². The van der Waals surface area contributed by atoms with Crippen LogP contribution in [0.2, 0.25) is 0 Å². The number of hydrogen-bond donors (Lipinski definition) is 1. The summed E-state index contributed by atoms with van der Waals surface area (Å²) >= 11 is 0. The van der Waals surface area contributed by atoms with Crippen LogP contribution >= 0.6 is 0 Å². The highest BCUT2D eigenvalue weighted by Gasteiger charge is 2.25. The van der Waals surface area contributed by atoms with Crippen molar-refractivity contribution >= 4 is 11.7 Å². The largest absolute Gasteiger partial charge is 0.383 e. The molecule has 0 bridgehead atoms. The van der Waals surface area contributed by atoms with Crippen LogP contribution in [-0.4, -0.2) is 42.1 Å². The molecule has 1 saturated heterocycles. The molecule has 1 aliphatic heterocycles. The molecule has 5 nitrogen and oxygen atoms in total. The number of ether oxygens (including phenoxy) is 1. The normalized spacial score (nSPS) is 16.9. The summed E-state index contributed by atoms with van der Waals surface area (Å²) in [7, 11) is 1.66. The van der Waals surface area contributed by atoms with Crippen LogP contribution in [0.1, 0.15) is 23.2 Å². The zero-order chi connectivity index (χ0) is 13.1. The molecule has 18 heavy (non-hydrogen) atoms. The van der Waals surface area contributed by atoms with E-state index in [9.17, 15) is 9.18 Å². The van der Waals surface area contributed by atoms with E-state index < -0.39 is 5.82 Å². The Kier molecular flexibility index (Phi) is 3.76. The smallest absolute Gasteiger partial charge is 0.257 e. The molecule has 0 atom stereocenters. The van der Waals surface area contributed by atoms with Crippen molar-refractivity contribution in [1.29, 1.82) is 0 Å². The summed E-state index contributed by atoms with van der Waals surface area (Å²) in [5, 5.41) is 0. The quantitative estimate of drug-likeness (QED) is 0.855. The number of methoxy groups -OCH3 is 1. The van der Waals surface area contributed by atoms with E-state index >= 15 is 0 Å². The van der Waals surface area contributed by atoms with Crippen molar-refractivity contribution in [3.05, 3.63) is 23.6 Å². The van der Waals surface area contributed by atoms with Gasteiger partial charge < -0.3 is 15.4 Å². The van der Waals surface area contributed by atoms with E-state index in [1.165, 1.54) is 0 Å². The van der Waals surface area contributed by atoms with E-state index in [2.05, 4.69) is 4.98 Å². The second-order valence-corrected chi connectivity index (χ2v) is 4.31. The molecule has 1 amide bonds. The number of likely N-dealkylation sites (tertiary alicyclic amines) is 1. The highest BCUT2D eigenvalue weighted by atomic mass is 19.1. The van der Waals surface area contributed by atoms with Gasteiger partial charge >= 0.3 is 0 Å². The van der Waals surface area contributed by atoms with Crippen LogP contribution in [0, 0.1) is 5.82 Å². The number of hydrogen-bond acceptors (Lipinski definition) is 4. The number of piperidine rings is 1. The number of amides is 1. The van der Waals surface area contributed by atoms with Crippen LogP contribution in [0.4, 0.5) is 10.2 Å². The summed E-state index contributed by atoms with van der Waals surface area (Å²) in [4.78, 5) is 17.5. The maximum Gasteiger partial charge on any atom is 0.257 e. The number of rotatable bonds is 2. The van der Waals surface area contributed by atoms with Gasteiger partial charge in [0.1, 0.15) is 11.6 Å². The number of pyridine rings is 1. The Morgan fingerprint density at radius 2 is 2.22 bits per heavy atom. The van der Waals surface area contributed by atoms with Gasteiger partial charge in [-0.05, 0) is 18.9 Å². The van der Waals surface area contributed by atoms with Gasteiger partial charge in [-0.15, -0.1) is 0 Å². The highest BCUT2D eigenvalue weighted by molar-refractivity contribution is 5.98. The molecule has 0 saturated carbocycles. The second-order valence-electron chi connectivity index (χ2n) is 4.31. The molecule has 1 fully saturated rings. The van der Waals surface area contributed by atoms with E-state index in [0.29, 0.717) is 13.1 Å². The summed E-state index contributed by atoms with van der Waals surface area (Å²) < 4.78 is 18.3. The first-order chi connectivity index (χ1) is 8.61. The number of halogens is 1. The lowest BCUT2D eigenvalue weighted by Crippen LogP contribution is -2.41. The molecule has 0 aromatic carbocycles. The third-order valence-electron chi connectivity index (χ3n) is 3.18. The number of nitrogens with zero attached hydrogens (tertiary/aromatic N) is 2. The molecular weight excluding hydrogens is 237 g/mol. The lowest BCUT2D eigenvalue weighted by atomic mass is 10.1. The second kappa shape index (κ2) is 5.30. The number of carbonyl (C=O) groups excluding carboxylic acids is 1. The minimum atomic E-state index is -0.556. The molecule has 0 aliphatic carbocycles. The standard InChI is InChI=1S/C12H16FN3O2/c1-18-9-2-4-16(5-3-9)12(17)10-6-8(13)7-15-11(10)14/h6-7,9H,2-5H2,1H3,(H2,14,15). The Bertz CT molecular complexity index is 445. The Morgan fingerprint density at radius 1 is 1.56 bits per heavy atom. The number of nitrogen functional groups attached to an aromatic ring is 1. The van der Waals surface area contributed by atoms with E-state index in [4.69, 9.17) is 10.5 Å². The monoisotopic (exact) mass is 253 g/mol. The summed E-state index contributed by atoms with van der Waals surface area (Å²) in [6.07, 6.45) is 2.76. The van der Waals surface area contributed by atoms with Gasteiger partial charge in [-0.3, -0.25) is 4.79 Å². The third kappa shape index (κ3) is 2.59. The fraction of sp³-hybridized carbons (Fsp3) is 0.500. The average molecular weight is 253 g/mol. The Morgan fingerprint density at radius 3 is 2.83 bits per heavy atom. The van der Waals surface area contributed by atoms with Crippen LogP contribution in [0.5, 0.6) is 0 Å². The highest BCUT2D eigenvalue weighted by Crippen LogP contribution is 2.18. The molecule has 2 heterocycles. The molecular formula is C12H16FN3O2. The minimum absolute atomic E-state index is 0.0651. The first-order valence-electron chi connectivity index (χ1n) is 5.85. The number of nitrogens with two attached hydrogens (primary N) is 1. The number of aromatic nitrogens is 1. The molecule has 1 aromatic rings. The van der Waals surface area contributed by atoms with Crippen molar-refractivity contribution in [2.75, 3.05) is 25.9 Å². The fourth-order valence-electron chi connectivity index (χ4n) is 2.09. The van der Waals surface area contributed by atoms with Crippen molar-refractivity contribution < 1.29 is 13.9 Å². The molecule has 0 unspecified atom stereocenters. The molecule has 6 heteroatoms. The van der Waals surface area contributed by atoms with Crippen LogP contribution in [0.25, 0.3) is 0 Å². The fourth-order valence-corrected chi connectivity index (χ4v) is 2.09. The molecule has 0 spiro atoms. The summed E-state index contributed by atoms with van der Waals surface area (Å²) in [5.41, 5.74) is 5.73. The Balaban J connectivity index is 2.10. The van der Waals surface area contributed by atoms with E-state index in [1.54, 1.807) is 12.0 Å². The van der Waals surface area contributed by atoms with Crippen molar-refractivity contribution in [3.63, 3.8) is 0 Å². The van der Waals surface area contributed by atoms with Crippen molar-refractivity contribution in [3.8, 4) is 0 Å². The maximum atomic E-state index is 13.1. The summed E-state index contributed by atoms with van der Waals surface area (Å²) in [6, 6.07) is 1.13. The van der Waals surface area contributed by atoms with Gasteiger partial charge in [-0.25, -0.2) is 9.37 Å². The summed E-state index contributed by atoms with van der Waals surface area (Å²) in [6.45, 7) is 1.18. The van der Waals surface area contributed by atoms with Crippen molar-refractivity contribution in [2.45, 2.75) is 18.9 Å². The SMILES string of the molecule is COC1CCN(C(=O)c2cc(F)cnc2N)CC1. The zero-order valence-electron chi connectivity index (χ0n) is 10.2. The minimum Gasteiger partial charge on any atom is -0.383 e. The van der Waals surface area contributed by atoms with Gasteiger partial charge in [0.25, 0.3) is 5.91 Å². The predicted octanol–water partition coefficient (Wildman–Crippen LogP) is 1.05. The summed E-state index contributed by atoms with van der Waals surface area (Å²) in [5.74, 6) is -0.761. The van der Waals surface area contributed by atoms with Gasteiger partial charge in [0.2, 0.25) is 0 Å². The lowest BCUT2D eigenvalue weighted by molar-refractivity contribution is 0.0351. The van der Waals surface area contributed by atoms with Crippen molar-refractivity contribution in [2.24, 2.45) is 0 Å². The van der Waals surface area contributed by atoms with Crippen molar-refractivity contribution in [1.82, 2.24) is 9.88 Å². The Hall–Kier alpha value is -1.69. The first-order valence-corrected chi connectivity index (χ1v) is 5.85. The van der Waals surface area contributed by atoms with E-state index in [1.807, 2.05) is 0 Å². The topological polar surface area (TPSA) is 68.5 Å². The van der Waals surface area contributed by atoms with Crippen LogP contribution in [-0.2, 0) is 4.74 Å². The number of anilines is 1. The first kappa shape index (κ1) is 12.8. The van der Waals surface area contributed by atoms with E-state index in [-0.39, 0.29) is 23.4 Å². The molecule has 1 aromatic heterocycles. The Labute approximate surface area is 105 Å². The predicted molar refractivity (Wildman–Crippen MR) is 64.5 cm³/mol. The van der Waals surface area contributed by atoms with Gasteiger partial charge in [0.15, 0.2) is 0 Å². The van der Waals surface area contributed by atoms with Gasteiger partial charge in [0, 0.05) is 20.2 Å². The maximum absolute atomic E-state index is 13.1. The number of carbonyl (C=O) groups is 1. The van der Waals surface area contributed by atoms with Crippen LogP contribution in [0.15, 0.2) is 12.3 Å². The lowest BCUT2D eigenvalue weighted by Gasteiger charge is -2.31. The van der Waals surface area contributed by atoms with Crippen LogP contribution in [0.3, 0.4) is 0 Å². The molecule has 2 N–H and O–H groups in total. The van der Waals surface area contributed by atoms with E-state index in [0.717, 1.165) is 25.1 Å². The van der Waals surface area contributed by atoms with Gasteiger partial charge in [-0.2, -0.15) is 0 Å². The zero-order valence-corrected chi connectivity index (χ0v) is 10.2. The van der Waals surface area contributed by atoms with Gasteiger partial charge in [0.05, 0.1) is 17.9 Å².